The van der Waals surface area contributed by atoms with Crippen LogP contribution in [0, 0.1) is 5.92 Å². The van der Waals surface area contributed by atoms with Crippen LogP contribution < -0.4 is 5.32 Å². The fraction of sp³-hybridized carbons (Fsp3) is 1.00. The van der Waals surface area contributed by atoms with E-state index in [1.807, 2.05) is 0 Å². The molecule has 0 amide bonds. The second-order valence-electron chi connectivity index (χ2n) is 6.41. The quantitative estimate of drug-likeness (QED) is 0.828. The van der Waals surface area contributed by atoms with E-state index >= 15 is 0 Å². The highest BCUT2D eigenvalue weighted by Crippen LogP contribution is 2.31. The van der Waals surface area contributed by atoms with E-state index in [9.17, 15) is 0 Å². The SMILES string of the molecule is CCC(C1CCCCC1)N1CCCNC(C)CC1. The van der Waals surface area contributed by atoms with Crippen molar-refractivity contribution in [1.29, 1.82) is 0 Å². The highest BCUT2D eigenvalue weighted by atomic mass is 15.2. The van der Waals surface area contributed by atoms with Gasteiger partial charge in [-0.2, -0.15) is 0 Å². The summed E-state index contributed by atoms with van der Waals surface area (Å²) < 4.78 is 0. The number of rotatable bonds is 3. The summed E-state index contributed by atoms with van der Waals surface area (Å²) in [6, 6.07) is 1.58. The Hall–Kier alpha value is -0.0800. The number of nitrogens with one attached hydrogen (secondary N) is 1. The Bertz CT molecular complexity index is 223. The lowest BCUT2D eigenvalue weighted by atomic mass is 9.82. The summed E-state index contributed by atoms with van der Waals surface area (Å²) in [6.07, 6.45) is 11.4. The van der Waals surface area contributed by atoms with E-state index in [1.165, 1.54) is 71.0 Å². The lowest BCUT2D eigenvalue weighted by molar-refractivity contribution is 0.101. The predicted molar refractivity (Wildman–Crippen MR) is 78.9 cm³/mol. The lowest BCUT2D eigenvalue weighted by Gasteiger charge is -2.40. The van der Waals surface area contributed by atoms with Crippen LogP contribution in [-0.2, 0) is 0 Å². The summed E-state index contributed by atoms with van der Waals surface area (Å²) in [5.41, 5.74) is 0. The van der Waals surface area contributed by atoms with Crippen LogP contribution in [-0.4, -0.2) is 36.6 Å². The van der Waals surface area contributed by atoms with Gasteiger partial charge in [-0.3, -0.25) is 0 Å². The molecule has 1 aliphatic carbocycles. The fourth-order valence-corrected chi connectivity index (χ4v) is 3.94. The summed E-state index contributed by atoms with van der Waals surface area (Å²) in [4.78, 5) is 2.83. The number of hydrogen-bond donors (Lipinski definition) is 1. The van der Waals surface area contributed by atoms with Gasteiger partial charge >= 0.3 is 0 Å². The van der Waals surface area contributed by atoms with Crippen molar-refractivity contribution in [2.24, 2.45) is 5.92 Å². The molecule has 1 heterocycles. The first-order valence-electron chi connectivity index (χ1n) is 8.28. The molecular formula is C16H32N2. The molecule has 2 rings (SSSR count). The third-order valence-corrected chi connectivity index (χ3v) is 5.05. The van der Waals surface area contributed by atoms with Crippen LogP contribution in [0.25, 0.3) is 0 Å². The third-order valence-electron chi connectivity index (χ3n) is 5.05. The summed E-state index contributed by atoms with van der Waals surface area (Å²) in [5.74, 6) is 0.992. The average Bonchev–Trinajstić information content (AvgIpc) is 2.39. The molecule has 0 bridgehead atoms. The highest BCUT2D eigenvalue weighted by molar-refractivity contribution is 4.83. The van der Waals surface area contributed by atoms with Gasteiger partial charge < -0.3 is 10.2 Å². The molecule has 2 atom stereocenters. The monoisotopic (exact) mass is 252 g/mol. The fourth-order valence-electron chi connectivity index (χ4n) is 3.94. The van der Waals surface area contributed by atoms with Crippen LogP contribution >= 0.6 is 0 Å². The van der Waals surface area contributed by atoms with Crippen LogP contribution in [0.15, 0.2) is 0 Å². The second kappa shape index (κ2) is 7.49. The maximum Gasteiger partial charge on any atom is 0.0121 e. The topological polar surface area (TPSA) is 15.3 Å². The van der Waals surface area contributed by atoms with E-state index in [2.05, 4.69) is 24.1 Å². The highest BCUT2D eigenvalue weighted by Gasteiger charge is 2.27. The van der Waals surface area contributed by atoms with Gasteiger partial charge in [-0.1, -0.05) is 26.2 Å². The average molecular weight is 252 g/mol. The van der Waals surface area contributed by atoms with Gasteiger partial charge in [0, 0.05) is 12.1 Å². The van der Waals surface area contributed by atoms with Crippen molar-refractivity contribution in [1.82, 2.24) is 10.2 Å². The van der Waals surface area contributed by atoms with E-state index < -0.39 is 0 Å². The van der Waals surface area contributed by atoms with Gasteiger partial charge in [-0.05, 0) is 64.6 Å². The summed E-state index contributed by atoms with van der Waals surface area (Å²) in [5, 5.41) is 3.61. The Balaban J connectivity index is 1.91. The van der Waals surface area contributed by atoms with Gasteiger partial charge in [0.05, 0.1) is 0 Å². The molecule has 2 heteroatoms. The molecule has 1 aliphatic heterocycles. The summed E-state index contributed by atoms with van der Waals surface area (Å²) in [7, 11) is 0. The summed E-state index contributed by atoms with van der Waals surface area (Å²) in [6.45, 7) is 8.57. The van der Waals surface area contributed by atoms with Crippen LogP contribution in [0.2, 0.25) is 0 Å². The zero-order valence-corrected chi connectivity index (χ0v) is 12.5. The van der Waals surface area contributed by atoms with Crippen LogP contribution in [0.4, 0.5) is 0 Å². The van der Waals surface area contributed by atoms with Gasteiger partial charge in [0.1, 0.15) is 0 Å². The van der Waals surface area contributed by atoms with Gasteiger partial charge in [-0.25, -0.2) is 0 Å². The largest absolute Gasteiger partial charge is 0.314 e. The van der Waals surface area contributed by atoms with E-state index in [1.54, 1.807) is 0 Å². The maximum absolute atomic E-state index is 3.61. The van der Waals surface area contributed by atoms with Crippen molar-refractivity contribution in [2.45, 2.75) is 77.3 Å². The Labute approximate surface area is 114 Å². The van der Waals surface area contributed by atoms with E-state index in [0.717, 1.165) is 12.0 Å². The molecule has 18 heavy (non-hydrogen) atoms. The number of nitrogens with zero attached hydrogens (tertiary/aromatic N) is 1. The molecule has 0 spiro atoms. The van der Waals surface area contributed by atoms with Crippen molar-refractivity contribution < 1.29 is 0 Å². The minimum absolute atomic E-state index is 0.705. The van der Waals surface area contributed by atoms with Gasteiger partial charge in [0.15, 0.2) is 0 Å². The van der Waals surface area contributed by atoms with E-state index in [0.29, 0.717) is 6.04 Å². The molecule has 2 fully saturated rings. The maximum atomic E-state index is 3.61. The second-order valence-corrected chi connectivity index (χ2v) is 6.41. The molecular weight excluding hydrogens is 220 g/mol. The Morgan fingerprint density at radius 1 is 1.06 bits per heavy atom. The van der Waals surface area contributed by atoms with Crippen LogP contribution in [0.3, 0.4) is 0 Å². The molecule has 2 aliphatic rings. The molecule has 1 saturated heterocycles. The van der Waals surface area contributed by atoms with Crippen LogP contribution in [0.1, 0.15) is 65.2 Å². The minimum atomic E-state index is 0.705. The molecule has 0 aromatic carbocycles. The first-order valence-corrected chi connectivity index (χ1v) is 8.28. The summed E-state index contributed by atoms with van der Waals surface area (Å²) >= 11 is 0. The third kappa shape index (κ3) is 3.96. The lowest BCUT2D eigenvalue weighted by Crippen LogP contribution is -2.46. The number of hydrogen-bond acceptors (Lipinski definition) is 2. The minimum Gasteiger partial charge on any atom is -0.314 e. The van der Waals surface area contributed by atoms with Crippen molar-refractivity contribution in [2.75, 3.05) is 19.6 Å². The van der Waals surface area contributed by atoms with Gasteiger partial charge in [0.25, 0.3) is 0 Å². The molecule has 1 saturated carbocycles. The standard InChI is InChI=1S/C16H32N2/c1-3-16(15-8-5-4-6-9-15)18-12-7-11-17-14(2)10-13-18/h14-17H,3-13H2,1-2H3. The molecule has 106 valence electrons. The normalized spacial score (nSPS) is 30.7. The van der Waals surface area contributed by atoms with Crippen molar-refractivity contribution >= 4 is 0 Å². The zero-order valence-electron chi connectivity index (χ0n) is 12.5. The van der Waals surface area contributed by atoms with Crippen LogP contribution in [0.5, 0.6) is 0 Å². The molecule has 2 unspecified atom stereocenters. The first kappa shape index (κ1) is 14.3. The van der Waals surface area contributed by atoms with Gasteiger partial charge in [-0.15, -0.1) is 0 Å². The van der Waals surface area contributed by atoms with E-state index in [-0.39, 0.29) is 0 Å². The van der Waals surface area contributed by atoms with Crippen molar-refractivity contribution in [3.63, 3.8) is 0 Å². The first-order chi connectivity index (χ1) is 8.81. The zero-order chi connectivity index (χ0) is 12.8. The van der Waals surface area contributed by atoms with Crippen molar-refractivity contribution in [3.05, 3.63) is 0 Å². The molecule has 0 radical (unpaired) electrons. The molecule has 0 aromatic heterocycles. The Morgan fingerprint density at radius 3 is 2.56 bits per heavy atom. The van der Waals surface area contributed by atoms with Gasteiger partial charge in [0.2, 0.25) is 0 Å². The van der Waals surface area contributed by atoms with E-state index in [4.69, 9.17) is 0 Å². The predicted octanol–water partition coefficient (Wildman–Crippen LogP) is 3.42. The molecule has 2 nitrogen and oxygen atoms in total. The Kier molecular flexibility index (Phi) is 5.97. The molecule has 0 aromatic rings. The Morgan fingerprint density at radius 2 is 1.83 bits per heavy atom. The smallest absolute Gasteiger partial charge is 0.0121 e. The van der Waals surface area contributed by atoms with Crippen molar-refractivity contribution in [3.8, 4) is 0 Å². The molecule has 1 N–H and O–H groups in total.